The van der Waals surface area contributed by atoms with Gasteiger partial charge in [0.25, 0.3) is 0 Å². The van der Waals surface area contributed by atoms with Gasteiger partial charge in [0, 0.05) is 6.42 Å². The number of hydrogen-bond acceptors (Lipinski definition) is 3. The van der Waals surface area contributed by atoms with E-state index in [-0.39, 0.29) is 5.97 Å². The Balaban J connectivity index is 1.94. The summed E-state index contributed by atoms with van der Waals surface area (Å²) in [4.78, 5) is 11.1. The maximum absolute atomic E-state index is 11.1. The molecule has 100 valence electrons. The smallest absolute Gasteiger partial charge is 0.305 e. The average molecular weight is 241 g/mol. The van der Waals surface area contributed by atoms with Crippen molar-refractivity contribution in [1.29, 1.82) is 0 Å². The molecule has 0 atom stereocenters. The van der Waals surface area contributed by atoms with E-state index in [2.05, 4.69) is 5.32 Å². The van der Waals surface area contributed by atoms with Crippen molar-refractivity contribution in [2.75, 3.05) is 19.7 Å². The molecule has 0 radical (unpaired) electrons. The summed E-state index contributed by atoms with van der Waals surface area (Å²) in [5.41, 5.74) is 0. The maximum Gasteiger partial charge on any atom is 0.305 e. The van der Waals surface area contributed by atoms with Gasteiger partial charge in [0.1, 0.15) is 0 Å². The first-order chi connectivity index (χ1) is 8.33. The summed E-state index contributed by atoms with van der Waals surface area (Å²) in [6.45, 7) is 4.41. The zero-order valence-corrected chi connectivity index (χ0v) is 11.2. The molecule has 0 unspecified atom stereocenters. The van der Waals surface area contributed by atoms with Crippen molar-refractivity contribution >= 4 is 5.97 Å². The SMILES string of the molecule is CCOC(=O)CCCNCC1CCCCCC1. The summed E-state index contributed by atoms with van der Waals surface area (Å²) >= 11 is 0. The lowest BCUT2D eigenvalue weighted by Gasteiger charge is -2.14. The molecule has 0 aromatic heterocycles. The Kier molecular flexibility index (Phi) is 8.06. The van der Waals surface area contributed by atoms with Gasteiger partial charge < -0.3 is 10.1 Å². The van der Waals surface area contributed by atoms with Gasteiger partial charge in [0.2, 0.25) is 0 Å². The van der Waals surface area contributed by atoms with Gasteiger partial charge in [-0.1, -0.05) is 25.7 Å². The van der Waals surface area contributed by atoms with Crippen LogP contribution in [0.25, 0.3) is 0 Å². The standard InChI is InChI=1S/C14H27NO2/c1-2-17-14(16)10-7-11-15-12-13-8-5-3-4-6-9-13/h13,15H,2-12H2,1H3. The van der Waals surface area contributed by atoms with Crippen LogP contribution >= 0.6 is 0 Å². The monoisotopic (exact) mass is 241 g/mol. The molecule has 0 amide bonds. The summed E-state index contributed by atoms with van der Waals surface area (Å²) < 4.78 is 4.89. The third kappa shape index (κ3) is 7.37. The van der Waals surface area contributed by atoms with E-state index in [0.717, 1.165) is 25.4 Å². The first kappa shape index (κ1) is 14.5. The number of carbonyl (C=O) groups is 1. The molecule has 1 rings (SSSR count). The topological polar surface area (TPSA) is 38.3 Å². The third-order valence-corrected chi connectivity index (χ3v) is 3.45. The predicted molar refractivity (Wildman–Crippen MR) is 69.9 cm³/mol. The van der Waals surface area contributed by atoms with Gasteiger partial charge in [-0.2, -0.15) is 0 Å². The molecule has 1 aliphatic carbocycles. The highest BCUT2D eigenvalue weighted by atomic mass is 16.5. The van der Waals surface area contributed by atoms with Gasteiger partial charge in [-0.05, 0) is 45.2 Å². The minimum Gasteiger partial charge on any atom is -0.466 e. The molecule has 0 aliphatic heterocycles. The molecule has 0 aromatic rings. The van der Waals surface area contributed by atoms with Crippen LogP contribution in [-0.2, 0) is 9.53 Å². The Hall–Kier alpha value is -0.570. The molecule has 0 bridgehead atoms. The minimum absolute atomic E-state index is 0.0660. The zero-order valence-electron chi connectivity index (χ0n) is 11.2. The Bertz CT molecular complexity index is 198. The van der Waals surface area contributed by atoms with Crippen LogP contribution < -0.4 is 5.32 Å². The molecule has 1 saturated carbocycles. The molecule has 3 heteroatoms. The Labute approximate surface area is 105 Å². The van der Waals surface area contributed by atoms with E-state index in [9.17, 15) is 4.79 Å². The fourth-order valence-corrected chi connectivity index (χ4v) is 2.47. The third-order valence-electron chi connectivity index (χ3n) is 3.45. The number of rotatable bonds is 7. The molecule has 3 nitrogen and oxygen atoms in total. The molecule has 1 N–H and O–H groups in total. The lowest BCUT2D eigenvalue weighted by molar-refractivity contribution is -0.143. The van der Waals surface area contributed by atoms with Gasteiger partial charge in [0.05, 0.1) is 6.61 Å². The second-order valence-corrected chi connectivity index (χ2v) is 4.97. The molecule has 0 heterocycles. The number of nitrogens with one attached hydrogen (secondary N) is 1. The molecule has 0 aromatic carbocycles. The van der Waals surface area contributed by atoms with Crippen molar-refractivity contribution in [3.63, 3.8) is 0 Å². The summed E-state index contributed by atoms with van der Waals surface area (Å²) in [7, 11) is 0. The molecule has 0 spiro atoms. The fourth-order valence-electron chi connectivity index (χ4n) is 2.47. The van der Waals surface area contributed by atoms with E-state index in [4.69, 9.17) is 4.74 Å². The van der Waals surface area contributed by atoms with Crippen LogP contribution in [0.3, 0.4) is 0 Å². The van der Waals surface area contributed by atoms with Crippen molar-refractivity contribution in [2.45, 2.75) is 58.3 Å². The van der Waals surface area contributed by atoms with Crippen molar-refractivity contribution < 1.29 is 9.53 Å². The van der Waals surface area contributed by atoms with Crippen molar-refractivity contribution in [2.24, 2.45) is 5.92 Å². The second-order valence-electron chi connectivity index (χ2n) is 4.97. The highest BCUT2D eigenvalue weighted by Crippen LogP contribution is 2.21. The number of esters is 1. The van der Waals surface area contributed by atoms with Crippen molar-refractivity contribution in [1.82, 2.24) is 5.32 Å². The van der Waals surface area contributed by atoms with E-state index < -0.39 is 0 Å². The molecule has 0 saturated heterocycles. The highest BCUT2D eigenvalue weighted by molar-refractivity contribution is 5.69. The van der Waals surface area contributed by atoms with E-state index >= 15 is 0 Å². The van der Waals surface area contributed by atoms with Crippen LogP contribution in [0.15, 0.2) is 0 Å². The average Bonchev–Trinajstić information content (AvgIpc) is 2.57. The predicted octanol–water partition coefficient (Wildman–Crippen LogP) is 2.89. The fraction of sp³-hybridized carbons (Fsp3) is 0.929. The van der Waals surface area contributed by atoms with Gasteiger partial charge in [-0.3, -0.25) is 4.79 Å². The molecular formula is C14H27NO2. The van der Waals surface area contributed by atoms with Crippen LogP contribution in [0.2, 0.25) is 0 Å². The minimum atomic E-state index is -0.0660. The van der Waals surface area contributed by atoms with Gasteiger partial charge in [-0.15, -0.1) is 0 Å². The van der Waals surface area contributed by atoms with Crippen molar-refractivity contribution in [3.05, 3.63) is 0 Å². The van der Waals surface area contributed by atoms with E-state index in [1.807, 2.05) is 6.92 Å². The van der Waals surface area contributed by atoms with Crippen LogP contribution in [0.1, 0.15) is 58.3 Å². The van der Waals surface area contributed by atoms with E-state index in [0.29, 0.717) is 13.0 Å². The summed E-state index contributed by atoms with van der Waals surface area (Å²) in [5.74, 6) is 0.795. The van der Waals surface area contributed by atoms with Crippen molar-refractivity contribution in [3.8, 4) is 0 Å². The largest absolute Gasteiger partial charge is 0.466 e. The van der Waals surface area contributed by atoms with Crippen LogP contribution in [0.5, 0.6) is 0 Å². The van der Waals surface area contributed by atoms with Gasteiger partial charge in [0.15, 0.2) is 0 Å². The number of hydrogen-bond donors (Lipinski definition) is 1. The van der Waals surface area contributed by atoms with Gasteiger partial charge in [-0.25, -0.2) is 0 Å². The summed E-state index contributed by atoms with van der Waals surface area (Å²) in [6.07, 6.45) is 9.83. The van der Waals surface area contributed by atoms with Crippen LogP contribution in [0, 0.1) is 5.92 Å². The van der Waals surface area contributed by atoms with Crippen LogP contribution in [-0.4, -0.2) is 25.7 Å². The van der Waals surface area contributed by atoms with E-state index in [1.165, 1.54) is 38.5 Å². The lowest BCUT2D eigenvalue weighted by atomic mass is 10.0. The molecular weight excluding hydrogens is 214 g/mol. The highest BCUT2D eigenvalue weighted by Gasteiger charge is 2.11. The number of carbonyl (C=O) groups excluding carboxylic acids is 1. The second kappa shape index (κ2) is 9.46. The first-order valence-electron chi connectivity index (χ1n) is 7.19. The first-order valence-corrected chi connectivity index (χ1v) is 7.19. The van der Waals surface area contributed by atoms with Gasteiger partial charge >= 0.3 is 5.97 Å². The maximum atomic E-state index is 11.1. The molecule has 1 fully saturated rings. The lowest BCUT2D eigenvalue weighted by Crippen LogP contribution is -2.24. The Morgan fingerprint density at radius 1 is 1.24 bits per heavy atom. The summed E-state index contributed by atoms with van der Waals surface area (Å²) in [5, 5.41) is 3.47. The normalized spacial score (nSPS) is 17.7. The Morgan fingerprint density at radius 2 is 1.94 bits per heavy atom. The summed E-state index contributed by atoms with van der Waals surface area (Å²) in [6, 6.07) is 0. The Morgan fingerprint density at radius 3 is 2.59 bits per heavy atom. The molecule has 17 heavy (non-hydrogen) atoms. The van der Waals surface area contributed by atoms with E-state index in [1.54, 1.807) is 0 Å². The zero-order chi connectivity index (χ0) is 12.3. The quantitative estimate of drug-likeness (QED) is 0.423. The molecule has 1 aliphatic rings. The number of ether oxygens (including phenoxy) is 1. The van der Waals surface area contributed by atoms with Crippen LogP contribution in [0.4, 0.5) is 0 Å².